The van der Waals surface area contributed by atoms with Gasteiger partial charge in [-0.15, -0.1) is 0 Å². The van der Waals surface area contributed by atoms with Gasteiger partial charge in [-0.05, 0) is 29.9 Å². The van der Waals surface area contributed by atoms with Gasteiger partial charge in [-0.25, -0.2) is 8.60 Å². The fourth-order valence-electron chi connectivity index (χ4n) is 1.06. The number of rotatable bonds is 1. The van der Waals surface area contributed by atoms with E-state index in [1.807, 2.05) is 0 Å². The van der Waals surface area contributed by atoms with Crippen molar-refractivity contribution in [3.8, 4) is 0 Å². The van der Waals surface area contributed by atoms with Crippen LogP contribution in [0.4, 0.5) is 4.39 Å². The average Bonchev–Trinajstić information content (AvgIpc) is 2.14. The standard InChI is InChI=1S/C5H8ClFOS/c6-9(8)5-2-1-4(7)3-5/h4-5H,1-3H2. The molecule has 0 heterocycles. The van der Waals surface area contributed by atoms with E-state index in [1.54, 1.807) is 0 Å². The van der Waals surface area contributed by atoms with Gasteiger partial charge in [0.1, 0.15) is 16.2 Å². The van der Waals surface area contributed by atoms with Crippen LogP contribution in [0.25, 0.3) is 0 Å². The molecule has 1 nitrogen and oxygen atoms in total. The highest BCUT2D eigenvalue weighted by atomic mass is 35.7. The Labute approximate surface area is 60.5 Å². The topological polar surface area (TPSA) is 17.1 Å². The van der Waals surface area contributed by atoms with Gasteiger partial charge in [0.15, 0.2) is 0 Å². The molecule has 9 heavy (non-hydrogen) atoms. The molecule has 0 radical (unpaired) electrons. The van der Waals surface area contributed by atoms with Crippen LogP contribution >= 0.6 is 10.7 Å². The lowest BCUT2D eigenvalue weighted by molar-refractivity contribution is 0.343. The molecule has 0 aromatic heterocycles. The molecule has 1 saturated carbocycles. The zero-order valence-corrected chi connectivity index (χ0v) is 6.42. The number of alkyl halides is 1. The van der Waals surface area contributed by atoms with Crippen molar-refractivity contribution in [1.82, 2.24) is 0 Å². The Morgan fingerprint density at radius 2 is 2.22 bits per heavy atom. The van der Waals surface area contributed by atoms with Crippen LogP contribution in [0.3, 0.4) is 0 Å². The SMILES string of the molecule is O=S(Cl)C1CCC(F)C1. The summed E-state index contributed by atoms with van der Waals surface area (Å²) in [6, 6.07) is 0. The minimum Gasteiger partial charge on any atom is -0.247 e. The van der Waals surface area contributed by atoms with Crippen LogP contribution in [0.2, 0.25) is 0 Å². The maximum absolute atomic E-state index is 12.3. The summed E-state index contributed by atoms with van der Waals surface area (Å²) >= 11 is 0. The third kappa shape index (κ3) is 1.90. The van der Waals surface area contributed by atoms with Crippen molar-refractivity contribution in [2.45, 2.75) is 30.7 Å². The summed E-state index contributed by atoms with van der Waals surface area (Å²) in [5.74, 6) is 0. The smallest absolute Gasteiger partial charge is 0.118 e. The van der Waals surface area contributed by atoms with Gasteiger partial charge in [-0.1, -0.05) is 0 Å². The Balaban J connectivity index is 2.39. The normalized spacial score (nSPS) is 38.9. The fraction of sp³-hybridized carbons (Fsp3) is 1.00. The lowest BCUT2D eigenvalue weighted by Gasteiger charge is -1.98. The van der Waals surface area contributed by atoms with Crippen LogP contribution in [0.5, 0.6) is 0 Å². The zero-order chi connectivity index (χ0) is 6.85. The van der Waals surface area contributed by atoms with Gasteiger partial charge in [-0.2, -0.15) is 0 Å². The first-order valence-electron chi connectivity index (χ1n) is 2.91. The lowest BCUT2D eigenvalue weighted by atomic mass is 10.3. The Morgan fingerprint density at radius 1 is 1.56 bits per heavy atom. The summed E-state index contributed by atoms with van der Waals surface area (Å²) < 4.78 is 22.8. The summed E-state index contributed by atoms with van der Waals surface area (Å²) in [5, 5.41) is -0.0957. The van der Waals surface area contributed by atoms with Gasteiger partial charge in [0.2, 0.25) is 0 Å². The van der Waals surface area contributed by atoms with Gasteiger partial charge in [0.05, 0.1) is 5.25 Å². The molecule has 3 atom stereocenters. The molecule has 0 aromatic rings. The van der Waals surface area contributed by atoms with Crippen LogP contribution in [-0.2, 0) is 10.0 Å². The van der Waals surface area contributed by atoms with E-state index in [2.05, 4.69) is 0 Å². The third-order valence-electron chi connectivity index (χ3n) is 1.58. The molecule has 1 aliphatic carbocycles. The Hall–Kier alpha value is 0.370. The first-order chi connectivity index (χ1) is 4.20. The first-order valence-corrected chi connectivity index (χ1v) is 4.95. The van der Waals surface area contributed by atoms with Crippen molar-refractivity contribution in [3.63, 3.8) is 0 Å². The van der Waals surface area contributed by atoms with E-state index in [-0.39, 0.29) is 5.25 Å². The van der Waals surface area contributed by atoms with Crippen molar-refractivity contribution in [3.05, 3.63) is 0 Å². The molecule has 0 spiro atoms. The van der Waals surface area contributed by atoms with E-state index < -0.39 is 16.2 Å². The van der Waals surface area contributed by atoms with Crippen molar-refractivity contribution in [2.24, 2.45) is 0 Å². The van der Waals surface area contributed by atoms with Crippen molar-refractivity contribution < 1.29 is 8.60 Å². The molecule has 0 amide bonds. The maximum atomic E-state index is 12.3. The van der Waals surface area contributed by atoms with Gasteiger partial charge in [0.25, 0.3) is 0 Å². The molecule has 0 bridgehead atoms. The highest BCUT2D eigenvalue weighted by Gasteiger charge is 2.27. The van der Waals surface area contributed by atoms with E-state index in [1.165, 1.54) is 0 Å². The third-order valence-corrected chi connectivity index (χ3v) is 3.29. The fourth-order valence-corrected chi connectivity index (χ4v) is 2.22. The molecule has 1 rings (SSSR count). The summed E-state index contributed by atoms with van der Waals surface area (Å²) in [7, 11) is 3.93. The molecule has 0 N–H and O–H groups in total. The first kappa shape index (κ1) is 7.48. The van der Waals surface area contributed by atoms with Crippen LogP contribution in [-0.4, -0.2) is 15.6 Å². The minimum absolute atomic E-state index is 0.0957. The van der Waals surface area contributed by atoms with Crippen LogP contribution < -0.4 is 0 Å². The monoisotopic (exact) mass is 170 g/mol. The number of hydrogen-bond acceptors (Lipinski definition) is 1. The molecule has 1 aliphatic rings. The summed E-state index contributed by atoms with van der Waals surface area (Å²) in [6.45, 7) is 0. The van der Waals surface area contributed by atoms with E-state index in [9.17, 15) is 8.60 Å². The summed E-state index contributed by atoms with van der Waals surface area (Å²) in [5.41, 5.74) is 0. The largest absolute Gasteiger partial charge is 0.247 e. The molecular weight excluding hydrogens is 163 g/mol. The Morgan fingerprint density at radius 3 is 2.44 bits per heavy atom. The van der Waals surface area contributed by atoms with Gasteiger partial charge in [0, 0.05) is 0 Å². The molecule has 0 saturated heterocycles. The highest BCUT2D eigenvalue weighted by molar-refractivity contribution is 8.08. The van der Waals surface area contributed by atoms with Crippen molar-refractivity contribution >= 4 is 20.7 Å². The molecule has 3 unspecified atom stereocenters. The Bertz CT molecular complexity index is 130. The molecule has 0 aromatic carbocycles. The van der Waals surface area contributed by atoms with Gasteiger partial charge in [-0.3, -0.25) is 0 Å². The molecule has 0 aliphatic heterocycles. The predicted molar refractivity (Wildman–Crippen MR) is 36.5 cm³/mol. The van der Waals surface area contributed by atoms with E-state index in [4.69, 9.17) is 10.7 Å². The van der Waals surface area contributed by atoms with E-state index in [0.717, 1.165) is 0 Å². The Kier molecular flexibility index (Phi) is 2.47. The van der Waals surface area contributed by atoms with Crippen LogP contribution in [0.15, 0.2) is 0 Å². The van der Waals surface area contributed by atoms with Gasteiger partial charge < -0.3 is 0 Å². The summed E-state index contributed by atoms with van der Waals surface area (Å²) in [4.78, 5) is 0. The van der Waals surface area contributed by atoms with E-state index >= 15 is 0 Å². The van der Waals surface area contributed by atoms with Crippen molar-refractivity contribution in [2.75, 3.05) is 0 Å². The van der Waals surface area contributed by atoms with E-state index in [0.29, 0.717) is 19.3 Å². The maximum Gasteiger partial charge on any atom is 0.118 e. The molecule has 54 valence electrons. The zero-order valence-electron chi connectivity index (χ0n) is 4.85. The van der Waals surface area contributed by atoms with Crippen LogP contribution in [0, 0.1) is 0 Å². The number of halogens is 2. The second-order valence-electron chi connectivity index (χ2n) is 2.28. The molecule has 4 heteroatoms. The second-order valence-corrected chi connectivity index (χ2v) is 4.36. The molecule has 1 fully saturated rings. The molecular formula is C5H8ClFOS. The highest BCUT2D eigenvalue weighted by Crippen LogP contribution is 2.27. The quantitative estimate of drug-likeness (QED) is 0.549. The van der Waals surface area contributed by atoms with Gasteiger partial charge >= 0.3 is 0 Å². The van der Waals surface area contributed by atoms with Crippen molar-refractivity contribution in [1.29, 1.82) is 0 Å². The predicted octanol–water partition coefficient (Wildman–Crippen LogP) is 1.78. The minimum atomic E-state index is -1.33. The average molecular weight is 171 g/mol. The summed E-state index contributed by atoms with van der Waals surface area (Å²) in [6.07, 6.45) is 0.828. The van der Waals surface area contributed by atoms with Crippen LogP contribution in [0.1, 0.15) is 19.3 Å². The second kappa shape index (κ2) is 2.97. The lowest BCUT2D eigenvalue weighted by Crippen LogP contribution is -2.05. The number of hydrogen-bond donors (Lipinski definition) is 0.